The average molecular weight is 298 g/mol. The van der Waals surface area contributed by atoms with Crippen LogP contribution >= 0.6 is 0 Å². The van der Waals surface area contributed by atoms with Crippen LogP contribution in [-0.2, 0) is 14.9 Å². The molecular weight excluding hydrogens is 272 g/mol. The Hall–Kier alpha value is -1.83. The van der Waals surface area contributed by atoms with E-state index in [2.05, 4.69) is 20.4 Å². The predicted octanol–water partition coefficient (Wildman–Crippen LogP) is 4.81. The molecular formula is C20H26O2. The Morgan fingerprint density at radius 2 is 1.86 bits per heavy atom. The first-order chi connectivity index (χ1) is 10.5. The summed E-state index contributed by atoms with van der Waals surface area (Å²) in [5, 5.41) is 0. The topological polar surface area (TPSA) is 26.3 Å². The second-order valence-electron chi connectivity index (χ2n) is 6.31. The lowest BCUT2D eigenvalue weighted by atomic mass is 9.59. The number of ketones is 1. The highest BCUT2D eigenvalue weighted by molar-refractivity contribution is 6.14. The SMILES string of the molecule is C=CCC1(c2ccccc2)C(=O)C(C(C)CC)=C1OC(C)C. The maximum Gasteiger partial charge on any atom is 0.180 e. The number of hydrogen-bond donors (Lipinski definition) is 0. The van der Waals surface area contributed by atoms with Gasteiger partial charge in [-0.1, -0.05) is 50.3 Å². The minimum absolute atomic E-state index is 0.0510. The molecule has 0 bridgehead atoms. The lowest BCUT2D eigenvalue weighted by Gasteiger charge is -2.45. The third-order valence-corrected chi connectivity index (χ3v) is 4.44. The van der Waals surface area contributed by atoms with Crippen molar-refractivity contribution in [2.45, 2.75) is 52.1 Å². The Morgan fingerprint density at radius 1 is 1.23 bits per heavy atom. The zero-order chi connectivity index (χ0) is 16.3. The molecule has 0 amide bonds. The first-order valence-electron chi connectivity index (χ1n) is 8.11. The average Bonchev–Trinajstić information content (AvgIpc) is 2.52. The van der Waals surface area contributed by atoms with Crippen molar-refractivity contribution in [3.8, 4) is 0 Å². The Labute approximate surface area is 133 Å². The van der Waals surface area contributed by atoms with Gasteiger partial charge in [0.1, 0.15) is 11.2 Å². The second kappa shape index (κ2) is 6.51. The van der Waals surface area contributed by atoms with E-state index in [-0.39, 0.29) is 17.8 Å². The summed E-state index contributed by atoms with van der Waals surface area (Å²) in [5.74, 6) is 1.28. The highest BCUT2D eigenvalue weighted by Crippen LogP contribution is 2.51. The number of allylic oxidation sites excluding steroid dienone is 3. The van der Waals surface area contributed by atoms with Gasteiger partial charge in [0, 0.05) is 5.57 Å². The van der Waals surface area contributed by atoms with Crippen LogP contribution in [0.2, 0.25) is 0 Å². The molecule has 0 radical (unpaired) electrons. The standard InChI is InChI=1S/C20H26O2/c1-6-13-20(16-11-9-8-10-12-16)18(21)17(15(5)7-2)19(20)22-14(3)4/h6,8-12,14-15H,1,7,13H2,2-5H3. The van der Waals surface area contributed by atoms with Crippen LogP contribution in [0.3, 0.4) is 0 Å². The summed E-state index contributed by atoms with van der Waals surface area (Å²) in [6.45, 7) is 12.1. The van der Waals surface area contributed by atoms with E-state index >= 15 is 0 Å². The first kappa shape index (κ1) is 16.5. The number of rotatable bonds is 7. The number of hydrogen-bond acceptors (Lipinski definition) is 2. The van der Waals surface area contributed by atoms with Crippen molar-refractivity contribution in [1.29, 1.82) is 0 Å². The minimum atomic E-state index is -0.675. The zero-order valence-electron chi connectivity index (χ0n) is 14.1. The van der Waals surface area contributed by atoms with Crippen LogP contribution in [0, 0.1) is 5.92 Å². The Morgan fingerprint density at radius 3 is 2.36 bits per heavy atom. The zero-order valence-corrected chi connectivity index (χ0v) is 14.1. The van der Waals surface area contributed by atoms with Crippen LogP contribution in [0.4, 0.5) is 0 Å². The number of Topliss-reactive ketones (excluding diaryl/α,β-unsaturated/α-hetero) is 1. The van der Waals surface area contributed by atoms with E-state index in [1.54, 1.807) is 0 Å². The summed E-state index contributed by atoms with van der Waals surface area (Å²) < 4.78 is 6.13. The van der Waals surface area contributed by atoms with Gasteiger partial charge >= 0.3 is 0 Å². The van der Waals surface area contributed by atoms with Gasteiger partial charge in [-0.25, -0.2) is 0 Å². The molecule has 0 fully saturated rings. The van der Waals surface area contributed by atoms with Crippen molar-refractivity contribution >= 4 is 5.78 Å². The van der Waals surface area contributed by atoms with E-state index in [4.69, 9.17) is 4.74 Å². The van der Waals surface area contributed by atoms with Gasteiger partial charge in [0.05, 0.1) is 6.10 Å². The predicted molar refractivity (Wildman–Crippen MR) is 90.6 cm³/mol. The Balaban J connectivity index is 2.60. The number of carbonyl (C=O) groups is 1. The van der Waals surface area contributed by atoms with E-state index in [1.165, 1.54) is 0 Å². The summed E-state index contributed by atoms with van der Waals surface area (Å²) in [6.07, 6.45) is 3.39. The lowest BCUT2D eigenvalue weighted by molar-refractivity contribution is -0.126. The van der Waals surface area contributed by atoms with Gasteiger partial charge < -0.3 is 4.74 Å². The fourth-order valence-corrected chi connectivity index (χ4v) is 3.16. The van der Waals surface area contributed by atoms with Crippen LogP contribution < -0.4 is 0 Å². The van der Waals surface area contributed by atoms with Crippen molar-refractivity contribution < 1.29 is 9.53 Å². The van der Waals surface area contributed by atoms with Crippen LogP contribution in [0.25, 0.3) is 0 Å². The van der Waals surface area contributed by atoms with Gasteiger partial charge in [0.15, 0.2) is 5.78 Å². The molecule has 1 aromatic rings. The van der Waals surface area contributed by atoms with Crippen molar-refractivity contribution in [3.63, 3.8) is 0 Å². The van der Waals surface area contributed by atoms with Crippen molar-refractivity contribution in [2.75, 3.05) is 0 Å². The van der Waals surface area contributed by atoms with E-state index in [9.17, 15) is 4.79 Å². The largest absolute Gasteiger partial charge is 0.493 e. The fourth-order valence-electron chi connectivity index (χ4n) is 3.16. The number of ether oxygens (including phenoxy) is 1. The Bertz CT molecular complexity index is 583. The van der Waals surface area contributed by atoms with Gasteiger partial charge in [-0.3, -0.25) is 4.79 Å². The molecule has 0 heterocycles. The smallest absolute Gasteiger partial charge is 0.180 e. The van der Waals surface area contributed by atoms with Gasteiger partial charge in [-0.05, 0) is 38.2 Å². The summed E-state index contributed by atoms with van der Waals surface area (Å²) in [6, 6.07) is 9.94. The fraction of sp³-hybridized carbons (Fsp3) is 0.450. The Kier molecular flexibility index (Phi) is 4.90. The molecule has 0 saturated heterocycles. The monoisotopic (exact) mass is 298 g/mol. The highest BCUT2D eigenvalue weighted by atomic mass is 16.5. The van der Waals surface area contributed by atoms with Crippen LogP contribution in [0.15, 0.2) is 54.3 Å². The van der Waals surface area contributed by atoms with E-state index in [0.717, 1.165) is 23.3 Å². The third kappa shape index (κ3) is 2.51. The van der Waals surface area contributed by atoms with Crippen LogP contribution in [0.5, 0.6) is 0 Å². The normalized spacial score (nSPS) is 22.5. The molecule has 2 rings (SSSR count). The molecule has 22 heavy (non-hydrogen) atoms. The van der Waals surface area contributed by atoms with Crippen LogP contribution in [0.1, 0.15) is 46.1 Å². The number of benzene rings is 1. The second-order valence-corrected chi connectivity index (χ2v) is 6.31. The molecule has 2 nitrogen and oxygen atoms in total. The lowest BCUT2D eigenvalue weighted by Crippen LogP contribution is -2.51. The maximum absolute atomic E-state index is 13.1. The molecule has 1 aliphatic carbocycles. The van der Waals surface area contributed by atoms with Crippen molar-refractivity contribution in [3.05, 3.63) is 59.9 Å². The van der Waals surface area contributed by atoms with Gasteiger partial charge in [-0.2, -0.15) is 0 Å². The summed E-state index contributed by atoms with van der Waals surface area (Å²) in [4.78, 5) is 13.1. The highest BCUT2D eigenvalue weighted by Gasteiger charge is 2.56. The molecule has 2 heteroatoms. The van der Waals surface area contributed by atoms with E-state index in [0.29, 0.717) is 6.42 Å². The van der Waals surface area contributed by atoms with Gasteiger partial charge in [0.2, 0.25) is 0 Å². The first-order valence-corrected chi connectivity index (χ1v) is 8.11. The van der Waals surface area contributed by atoms with E-state index < -0.39 is 5.41 Å². The molecule has 0 aliphatic heterocycles. The molecule has 118 valence electrons. The molecule has 1 aromatic carbocycles. The quantitative estimate of drug-likeness (QED) is 0.675. The minimum Gasteiger partial charge on any atom is -0.493 e. The molecule has 1 aliphatic rings. The molecule has 0 spiro atoms. The van der Waals surface area contributed by atoms with Gasteiger partial charge in [-0.15, -0.1) is 6.58 Å². The molecule has 2 atom stereocenters. The van der Waals surface area contributed by atoms with Gasteiger partial charge in [0.25, 0.3) is 0 Å². The summed E-state index contributed by atoms with van der Waals surface area (Å²) in [5.41, 5.74) is 1.19. The third-order valence-electron chi connectivity index (χ3n) is 4.44. The maximum atomic E-state index is 13.1. The molecule has 0 saturated carbocycles. The van der Waals surface area contributed by atoms with Crippen molar-refractivity contribution in [2.24, 2.45) is 5.92 Å². The van der Waals surface area contributed by atoms with Crippen molar-refractivity contribution in [1.82, 2.24) is 0 Å². The van der Waals surface area contributed by atoms with Crippen LogP contribution in [-0.4, -0.2) is 11.9 Å². The van der Waals surface area contributed by atoms with E-state index in [1.807, 2.05) is 50.3 Å². The number of carbonyl (C=O) groups excluding carboxylic acids is 1. The summed E-state index contributed by atoms with van der Waals surface area (Å²) in [7, 11) is 0. The summed E-state index contributed by atoms with van der Waals surface area (Å²) >= 11 is 0. The molecule has 2 unspecified atom stereocenters. The molecule has 0 N–H and O–H groups in total. The molecule has 0 aromatic heterocycles.